The van der Waals surface area contributed by atoms with Gasteiger partial charge in [0.2, 0.25) is 5.76 Å². The van der Waals surface area contributed by atoms with E-state index in [-0.39, 0.29) is 23.6 Å². The Morgan fingerprint density at radius 3 is 2.73 bits per heavy atom. The molecule has 4 rings (SSSR count). The van der Waals surface area contributed by atoms with Crippen LogP contribution in [0.15, 0.2) is 65.4 Å². The number of hydrogen-bond donors (Lipinski definition) is 1. The summed E-state index contributed by atoms with van der Waals surface area (Å²) >= 11 is 0. The highest BCUT2D eigenvalue weighted by Gasteiger charge is 2.30. The van der Waals surface area contributed by atoms with E-state index in [1.807, 2.05) is 42.5 Å². The minimum Gasteiger partial charge on any atom is -0.379 e. The molecule has 1 aliphatic rings. The molecule has 1 N–H and O–H groups in total. The van der Waals surface area contributed by atoms with Gasteiger partial charge in [-0.3, -0.25) is 9.78 Å². The lowest BCUT2D eigenvalue weighted by Gasteiger charge is -2.18. The summed E-state index contributed by atoms with van der Waals surface area (Å²) in [5, 5.41) is 7.01. The van der Waals surface area contributed by atoms with Crippen molar-refractivity contribution in [1.29, 1.82) is 0 Å². The Morgan fingerprint density at radius 1 is 1.12 bits per heavy atom. The number of pyridine rings is 1. The lowest BCUT2D eigenvalue weighted by molar-refractivity contribution is 0.0888. The number of ether oxygens (including phenoxy) is 1. The van der Waals surface area contributed by atoms with Crippen molar-refractivity contribution < 1.29 is 14.1 Å². The van der Waals surface area contributed by atoms with Gasteiger partial charge >= 0.3 is 0 Å². The van der Waals surface area contributed by atoms with E-state index in [0.29, 0.717) is 18.9 Å². The van der Waals surface area contributed by atoms with Crippen molar-refractivity contribution in [2.75, 3.05) is 13.2 Å². The van der Waals surface area contributed by atoms with Gasteiger partial charge < -0.3 is 14.6 Å². The molecule has 1 aromatic carbocycles. The largest absolute Gasteiger partial charge is 0.379 e. The first-order valence-electron chi connectivity index (χ1n) is 8.59. The molecule has 0 saturated carbocycles. The Labute approximate surface area is 151 Å². The maximum atomic E-state index is 12.5. The molecule has 6 heteroatoms. The first kappa shape index (κ1) is 16.5. The molecule has 1 fully saturated rings. The van der Waals surface area contributed by atoms with Crippen molar-refractivity contribution in [3.05, 3.63) is 72.2 Å². The number of nitrogens with one attached hydrogen (secondary N) is 1. The molecule has 1 aliphatic heterocycles. The number of hydrogen-bond acceptors (Lipinski definition) is 5. The molecule has 6 nitrogen and oxygen atoms in total. The highest BCUT2D eigenvalue weighted by Crippen LogP contribution is 2.21. The Hall–Kier alpha value is -2.99. The van der Waals surface area contributed by atoms with Gasteiger partial charge in [-0.2, -0.15) is 0 Å². The van der Waals surface area contributed by atoms with E-state index in [1.54, 1.807) is 18.5 Å². The fourth-order valence-corrected chi connectivity index (χ4v) is 3.15. The van der Waals surface area contributed by atoms with Crippen LogP contribution >= 0.6 is 0 Å². The van der Waals surface area contributed by atoms with E-state index >= 15 is 0 Å². The molecule has 2 aromatic heterocycles. The summed E-state index contributed by atoms with van der Waals surface area (Å²) in [6.45, 7) is 1.13. The molecule has 0 radical (unpaired) electrons. The smallest absolute Gasteiger partial charge is 0.290 e. The second-order valence-electron chi connectivity index (χ2n) is 6.38. The van der Waals surface area contributed by atoms with Crippen molar-refractivity contribution in [3.8, 4) is 11.3 Å². The third kappa shape index (κ3) is 3.65. The van der Waals surface area contributed by atoms with Crippen LogP contribution in [-0.2, 0) is 11.2 Å². The maximum Gasteiger partial charge on any atom is 0.290 e. The zero-order chi connectivity index (χ0) is 17.8. The molecule has 1 amide bonds. The molecule has 3 heterocycles. The Kier molecular flexibility index (Phi) is 4.75. The molecule has 0 unspecified atom stereocenters. The predicted octanol–water partition coefficient (Wildman–Crippen LogP) is 2.72. The molecule has 0 spiro atoms. The van der Waals surface area contributed by atoms with E-state index in [2.05, 4.69) is 15.5 Å². The summed E-state index contributed by atoms with van der Waals surface area (Å²) in [5.74, 6) is 0.159. The van der Waals surface area contributed by atoms with Gasteiger partial charge in [-0.05, 0) is 24.1 Å². The normalized spacial score (nSPS) is 19.4. The first-order valence-corrected chi connectivity index (χ1v) is 8.59. The predicted molar refractivity (Wildman–Crippen MR) is 95.4 cm³/mol. The Balaban J connectivity index is 1.42. The SMILES string of the molecule is O=C(N[C@H]1COC[C@H]1Cc1ccncc1)c1cc(-c2ccccc2)no1. The van der Waals surface area contributed by atoms with Crippen LogP contribution in [0.5, 0.6) is 0 Å². The summed E-state index contributed by atoms with van der Waals surface area (Å²) in [5.41, 5.74) is 2.74. The van der Waals surface area contributed by atoms with Crippen molar-refractivity contribution in [1.82, 2.24) is 15.5 Å². The average molecular weight is 349 g/mol. The summed E-state index contributed by atoms with van der Waals surface area (Å²) < 4.78 is 10.8. The minimum atomic E-state index is -0.269. The van der Waals surface area contributed by atoms with Gasteiger partial charge in [0, 0.05) is 29.9 Å². The quantitative estimate of drug-likeness (QED) is 0.766. The molecular weight excluding hydrogens is 330 g/mol. The fraction of sp³-hybridized carbons (Fsp3) is 0.250. The molecular formula is C20H19N3O3. The topological polar surface area (TPSA) is 77.2 Å². The van der Waals surface area contributed by atoms with E-state index < -0.39 is 0 Å². The summed E-state index contributed by atoms with van der Waals surface area (Å²) in [4.78, 5) is 16.6. The highest BCUT2D eigenvalue weighted by atomic mass is 16.5. The monoisotopic (exact) mass is 349 g/mol. The van der Waals surface area contributed by atoms with E-state index in [0.717, 1.165) is 12.0 Å². The molecule has 0 aliphatic carbocycles. The molecule has 132 valence electrons. The summed E-state index contributed by atoms with van der Waals surface area (Å²) in [6, 6.07) is 15.2. The Bertz CT molecular complexity index is 864. The molecule has 26 heavy (non-hydrogen) atoms. The number of rotatable bonds is 5. The van der Waals surface area contributed by atoms with Crippen molar-refractivity contribution in [3.63, 3.8) is 0 Å². The van der Waals surface area contributed by atoms with Crippen molar-refractivity contribution in [2.24, 2.45) is 5.92 Å². The zero-order valence-electron chi connectivity index (χ0n) is 14.2. The molecule has 0 bridgehead atoms. The van der Waals surface area contributed by atoms with Crippen LogP contribution in [0.1, 0.15) is 16.1 Å². The number of aromatic nitrogens is 2. The van der Waals surface area contributed by atoms with Crippen molar-refractivity contribution >= 4 is 5.91 Å². The van der Waals surface area contributed by atoms with Crippen LogP contribution in [0, 0.1) is 5.92 Å². The number of carbonyl (C=O) groups excluding carboxylic acids is 1. The van der Waals surface area contributed by atoms with Crippen LogP contribution in [0.2, 0.25) is 0 Å². The van der Waals surface area contributed by atoms with Crippen LogP contribution < -0.4 is 5.32 Å². The number of nitrogens with zero attached hydrogens (tertiary/aromatic N) is 2. The lowest BCUT2D eigenvalue weighted by atomic mass is 9.95. The minimum absolute atomic E-state index is 0.0547. The van der Waals surface area contributed by atoms with Crippen LogP contribution in [0.3, 0.4) is 0 Å². The van der Waals surface area contributed by atoms with Gasteiger partial charge in [0.15, 0.2) is 0 Å². The van der Waals surface area contributed by atoms with E-state index in [4.69, 9.17) is 9.26 Å². The van der Waals surface area contributed by atoms with E-state index in [9.17, 15) is 4.79 Å². The number of benzene rings is 1. The Morgan fingerprint density at radius 2 is 1.92 bits per heavy atom. The van der Waals surface area contributed by atoms with Gasteiger partial charge in [-0.15, -0.1) is 0 Å². The van der Waals surface area contributed by atoms with Gasteiger partial charge in [-0.25, -0.2) is 0 Å². The van der Waals surface area contributed by atoms with Gasteiger partial charge in [0.1, 0.15) is 5.69 Å². The molecule has 2 atom stereocenters. The van der Waals surface area contributed by atoms with Gasteiger partial charge in [0.25, 0.3) is 5.91 Å². The van der Waals surface area contributed by atoms with Gasteiger partial charge in [-0.1, -0.05) is 35.5 Å². The van der Waals surface area contributed by atoms with Crippen LogP contribution in [0.4, 0.5) is 0 Å². The third-order valence-electron chi connectivity index (χ3n) is 4.57. The first-order chi connectivity index (χ1) is 12.8. The van der Waals surface area contributed by atoms with Crippen LogP contribution in [-0.4, -0.2) is 35.3 Å². The van der Waals surface area contributed by atoms with Crippen LogP contribution in [0.25, 0.3) is 11.3 Å². The lowest BCUT2D eigenvalue weighted by Crippen LogP contribution is -2.40. The maximum absolute atomic E-state index is 12.5. The molecule has 3 aromatic rings. The molecule has 1 saturated heterocycles. The highest BCUT2D eigenvalue weighted by molar-refractivity contribution is 5.92. The zero-order valence-corrected chi connectivity index (χ0v) is 14.2. The van der Waals surface area contributed by atoms with Crippen molar-refractivity contribution in [2.45, 2.75) is 12.5 Å². The van der Waals surface area contributed by atoms with Gasteiger partial charge in [0.05, 0.1) is 19.3 Å². The second kappa shape index (κ2) is 7.49. The summed E-state index contributed by atoms with van der Waals surface area (Å²) in [6.07, 6.45) is 4.38. The summed E-state index contributed by atoms with van der Waals surface area (Å²) in [7, 11) is 0. The van der Waals surface area contributed by atoms with E-state index in [1.165, 1.54) is 5.56 Å². The number of amides is 1. The fourth-order valence-electron chi connectivity index (χ4n) is 3.15. The second-order valence-corrected chi connectivity index (χ2v) is 6.38. The third-order valence-corrected chi connectivity index (χ3v) is 4.57. The standard InChI is InChI=1S/C20H19N3O3/c24-20(19-11-17(23-26-19)15-4-2-1-3-5-15)22-18-13-25-12-16(18)10-14-6-8-21-9-7-14/h1-9,11,16,18H,10,12-13H2,(H,22,24)/t16-,18+/m1/s1. The average Bonchev–Trinajstić information content (AvgIpc) is 3.34. The number of carbonyl (C=O) groups is 1.